The van der Waals surface area contributed by atoms with E-state index in [0.717, 1.165) is 37.5 Å². The molecule has 5 heteroatoms. The third kappa shape index (κ3) is 2.35. The Morgan fingerprint density at radius 2 is 2.35 bits per heavy atom. The van der Waals surface area contributed by atoms with Gasteiger partial charge in [0.05, 0.1) is 5.56 Å². The monoisotopic (exact) mass is 273 g/mol. The number of hydrogen-bond donors (Lipinski definition) is 1. The van der Waals surface area contributed by atoms with Crippen LogP contribution >= 0.6 is 0 Å². The van der Waals surface area contributed by atoms with E-state index in [0.29, 0.717) is 17.2 Å². The van der Waals surface area contributed by atoms with Crippen LogP contribution in [0.4, 0.5) is 0 Å². The number of likely N-dealkylation sites (tertiary alicyclic amines) is 1. The summed E-state index contributed by atoms with van der Waals surface area (Å²) in [6.45, 7) is 5.23. The standard InChI is InChI=1S/C15H19N3O2/c1-10-8-13(11(2)20-10)15(19)18-7-3-4-12(9-18)14-16-5-6-17-14/h5-6,8,12H,3-4,7,9H2,1-2H3,(H,16,17). The average Bonchev–Trinajstić information content (AvgIpc) is 3.08. The van der Waals surface area contributed by atoms with Gasteiger partial charge in [-0.25, -0.2) is 4.98 Å². The van der Waals surface area contributed by atoms with E-state index in [1.165, 1.54) is 0 Å². The van der Waals surface area contributed by atoms with Crippen LogP contribution in [0, 0.1) is 13.8 Å². The van der Waals surface area contributed by atoms with E-state index in [9.17, 15) is 4.79 Å². The zero-order valence-corrected chi connectivity index (χ0v) is 11.8. The maximum Gasteiger partial charge on any atom is 0.257 e. The lowest BCUT2D eigenvalue weighted by atomic mass is 9.96. The molecule has 2 aromatic rings. The van der Waals surface area contributed by atoms with Gasteiger partial charge in [-0.3, -0.25) is 4.79 Å². The number of amides is 1. The fraction of sp³-hybridized carbons (Fsp3) is 0.467. The number of nitrogens with one attached hydrogen (secondary N) is 1. The number of carbonyl (C=O) groups excluding carboxylic acids is 1. The van der Waals surface area contributed by atoms with Gasteiger partial charge in [-0.1, -0.05) is 0 Å². The molecule has 5 nitrogen and oxygen atoms in total. The molecule has 20 heavy (non-hydrogen) atoms. The SMILES string of the molecule is Cc1cc(C(=O)N2CCCC(c3ncc[nH]3)C2)c(C)o1. The number of hydrogen-bond acceptors (Lipinski definition) is 3. The molecular weight excluding hydrogens is 254 g/mol. The van der Waals surface area contributed by atoms with Crippen molar-refractivity contribution in [2.24, 2.45) is 0 Å². The second kappa shape index (κ2) is 5.15. The highest BCUT2D eigenvalue weighted by Crippen LogP contribution is 2.26. The van der Waals surface area contributed by atoms with Crippen molar-refractivity contribution in [3.05, 3.63) is 41.4 Å². The van der Waals surface area contributed by atoms with Crippen molar-refractivity contribution in [1.82, 2.24) is 14.9 Å². The smallest absolute Gasteiger partial charge is 0.257 e. The molecule has 2 aromatic heterocycles. The van der Waals surface area contributed by atoms with Crippen molar-refractivity contribution < 1.29 is 9.21 Å². The van der Waals surface area contributed by atoms with Crippen LogP contribution in [-0.4, -0.2) is 33.9 Å². The largest absolute Gasteiger partial charge is 0.466 e. The van der Waals surface area contributed by atoms with Crippen molar-refractivity contribution in [3.63, 3.8) is 0 Å². The van der Waals surface area contributed by atoms with Gasteiger partial charge in [-0.2, -0.15) is 0 Å². The van der Waals surface area contributed by atoms with Crippen molar-refractivity contribution >= 4 is 5.91 Å². The molecule has 0 aromatic carbocycles. The molecule has 0 bridgehead atoms. The van der Waals surface area contributed by atoms with Gasteiger partial charge in [0.25, 0.3) is 5.91 Å². The molecule has 0 radical (unpaired) electrons. The summed E-state index contributed by atoms with van der Waals surface area (Å²) in [6, 6.07) is 1.83. The van der Waals surface area contributed by atoms with Crippen LogP contribution in [-0.2, 0) is 0 Å². The molecule has 3 rings (SSSR count). The van der Waals surface area contributed by atoms with Crippen LogP contribution in [0.2, 0.25) is 0 Å². The molecule has 1 aliphatic heterocycles. The molecule has 1 amide bonds. The molecule has 1 saturated heterocycles. The average molecular weight is 273 g/mol. The van der Waals surface area contributed by atoms with E-state index in [4.69, 9.17) is 4.42 Å². The first-order valence-corrected chi connectivity index (χ1v) is 7.00. The van der Waals surface area contributed by atoms with Gasteiger partial charge < -0.3 is 14.3 Å². The zero-order chi connectivity index (χ0) is 14.1. The third-order valence-electron chi connectivity index (χ3n) is 3.89. The highest BCUT2D eigenvalue weighted by molar-refractivity contribution is 5.95. The maximum atomic E-state index is 12.6. The normalized spacial score (nSPS) is 19.3. The molecule has 1 aliphatic rings. The van der Waals surface area contributed by atoms with Crippen LogP contribution in [0.1, 0.15) is 46.5 Å². The van der Waals surface area contributed by atoms with E-state index in [1.54, 1.807) is 6.20 Å². The number of carbonyl (C=O) groups is 1. The first kappa shape index (κ1) is 13.0. The zero-order valence-electron chi connectivity index (χ0n) is 11.8. The Kier molecular flexibility index (Phi) is 3.34. The van der Waals surface area contributed by atoms with Gasteiger partial charge >= 0.3 is 0 Å². The number of aromatic nitrogens is 2. The summed E-state index contributed by atoms with van der Waals surface area (Å²) in [7, 11) is 0. The van der Waals surface area contributed by atoms with Gasteiger partial charge in [0.15, 0.2) is 0 Å². The minimum absolute atomic E-state index is 0.0654. The number of aromatic amines is 1. The topological polar surface area (TPSA) is 62.1 Å². The molecule has 1 N–H and O–H groups in total. The minimum Gasteiger partial charge on any atom is -0.466 e. The van der Waals surface area contributed by atoms with Gasteiger partial charge in [-0.05, 0) is 32.8 Å². The number of H-pyrrole nitrogens is 1. The van der Waals surface area contributed by atoms with Crippen LogP contribution < -0.4 is 0 Å². The van der Waals surface area contributed by atoms with E-state index in [2.05, 4.69) is 9.97 Å². The van der Waals surface area contributed by atoms with Crippen molar-refractivity contribution in [3.8, 4) is 0 Å². The molecule has 1 unspecified atom stereocenters. The summed E-state index contributed by atoms with van der Waals surface area (Å²) in [5, 5.41) is 0. The Morgan fingerprint density at radius 3 is 3.00 bits per heavy atom. The summed E-state index contributed by atoms with van der Waals surface area (Å²) in [6.07, 6.45) is 5.67. The molecular formula is C15H19N3O2. The second-order valence-corrected chi connectivity index (χ2v) is 5.39. The quantitative estimate of drug-likeness (QED) is 0.915. The highest BCUT2D eigenvalue weighted by Gasteiger charge is 2.28. The molecule has 0 spiro atoms. The third-order valence-corrected chi connectivity index (χ3v) is 3.89. The fourth-order valence-corrected chi connectivity index (χ4v) is 2.90. The highest BCUT2D eigenvalue weighted by atomic mass is 16.3. The number of aryl methyl sites for hydroxylation is 2. The van der Waals surface area contributed by atoms with E-state index < -0.39 is 0 Å². The lowest BCUT2D eigenvalue weighted by molar-refractivity contribution is 0.0703. The molecule has 0 aliphatic carbocycles. The van der Waals surface area contributed by atoms with Gasteiger partial charge in [0, 0.05) is 31.4 Å². The molecule has 0 saturated carbocycles. The van der Waals surface area contributed by atoms with Crippen LogP contribution in [0.15, 0.2) is 22.9 Å². The van der Waals surface area contributed by atoms with E-state index in [-0.39, 0.29) is 5.91 Å². The predicted molar refractivity (Wildman–Crippen MR) is 74.6 cm³/mol. The van der Waals surface area contributed by atoms with Crippen LogP contribution in [0.25, 0.3) is 0 Å². The van der Waals surface area contributed by atoms with Gasteiger partial charge in [0.2, 0.25) is 0 Å². The predicted octanol–water partition coefficient (Wildman–Crippen LogP) is 2.64. The number of imidazole rings is 1. The number of nitrogens with zero attached hydrogens (tertiary/aromatic N) is 2. The number of furan rings is 1. The van der Waals surface area contributed by atoms with Gasteiger partial charge in [-0.15, -0.1) is 0 Å². The Labute approximate surface area is 118 Å². The lowest BCUT2D eigenvalue weighted by Crippen LogP contribution is -2.39. The molecule has 106 valence electrons. The molecule has 3 heterocycles. The molecule has 1 fully saturated rings. The second-order valence-electron chi connectivity index (χ2n) is 5.39. The van der Waals surface area contributed by atoms with E-state index >= 15 is 0 Å². The summed E-state index contributed by atoms with van der Waals surface area (Å²) in [5.74, 6) is 2.83. The maximum absolute atomic E-state index is 12.6. The Bertz CT molecular complexity index is 601. The summed E-state index contributed by atoms with van der Waals surface area (Å²) < 4.78 is 5.46. The number of piperidine rings is 1. The Balaban J connectivity index is 1.77. The van der Waals surface area contributed by atoms with Crippen molar-refractivity contribution in [1.29, 1.82) is 0 Å². The summed E-state index contributed by atoms with van der Waals surface area (Å²) in [5.41, 5.74) is 0.683. The van der Waals surface area contributed by atoms with E-state index in [1.807, 2.05) is 31.0 Å². The summed E-state index contributed by atoms with van der Waals surface area (Å²) >= 11 is 0. The van der Waals surface area contributed by atoms with Gasteiger partial charge in [0.1, 0.15) is 17.3 Å². The lowest BCUT2D eigenvalue weighted by Gasteiger charge is -2.31. The van der Waals surface area contributed by atoms with Crippen LogP contribution in [0.5, 0.6) is 0 Å². The fourth-order valence-electron chi connectivity index (χ4n) is 2.90. The van der Waals surface area contributed by atoms with Crippen LogP contribution in [0.3, 0.4) is 0 Å². The Hall–Kier alpha value is -2.04. The van der Waals surface area contributed by atoms with Crippen molar-refractivity contribution in [2.45, 2.75) is 32.6 Å². The first-order valence-electron chi connectivity index (χ1n) is 7.00. The minimum atomic E-state index is 0.0654. The Morgan fingerprint density at radius 1 is 1.50 bits per heavy atom. The summed E-state index contributed by atoms with van der Waals surface area (Å²) in [4.78, 5) is 22.0. The molecule has 1 atom stereocenters. The number of rotatable bonds is 2. The van der Waals surface area contributed by atoms with Crippen molar-refractivity contribution in [2.75, 3.05) is 13.1 Å². The first-order chi connectivity index (χ1) is 9.65.